The lowest BCUT2D eigenvalue weighted by Crippen LogP contribution is -2.37. The smallest absolute Gasteiger partial charge is 0.417 e. The number of amides is 1. The molecular formula is C17H15Cl2F3N2O4S. The average molecular weight is 471 g/mol. The Morgan fingerprint density at radius 2 is 1.83 bits per heavy atom. The number of ether oxygens (including phenoxy) is 1. The Balaban J connectivity index is 2.36. The number of halogens is 5. The number of hydrogen-bond acceptors (Lipinski definition) is 4. The summed E-state index contributed by atoms with van der Waals surface area (Å²) in [6.45, 7) is -0.784. The number of carbonyl (C=O) groups excluding carboxylic acids is 1. The average Bonchev–Trinajstić information content (AvgIpc) is 2.58. The molecule has 0 atom stereocenters. The van der Waals surface area contributed by atoms with Gasteiger partial charge in [0.25, 0.3) is 0 Å². The van der Waals surface area contributed by atoms with Crippen LogP contribution in [0.1, 0.15) is 5.56 Å². The minimum Gasteiger partial charge on any atom is -0.495 e. The van der Waals surface area contributed by atoms with Crippen molar-refractivity contribution in [2.24, 2.45) is 0 Å². The maximum Gasteiger partial charge on any atom is 0.417 e. The third kappa shape index (κ3) is 5.91. The summed E-state index contributed by atoms with van der Waals surface area (Å²) < 4.78 is 69.2. The van der Waals surface area contributed by atoms with Crippen molar-refractivity contribution in [2.45, 2.75) is 6.18 Å². The molecule has 2 aromatic rings. The van der Waals surface area contributed by atoms with E-state index in [0.29, 0.717) is 10.4 Å². The lowest BCUT2D eigenvalue weighted by Gasteiger charge is -2.23. The molecule has 0 spiro atoms. The van der Waals surface area contributed by atoms with Crippen LogP contribution in [0.4, 0.5) is 24.5 Å². The zero-order chi connectivity index (χ0) is 22.0. The van der Waals surface area contributed by atoms with Gasteiger partial charge in [0.1, 0.15) is 12.3 Å². The third-order valence-electron chi connectivity index (χ3n) is 3.67. The molecule has 2 rings (SSSR count). The Morgan fingerprint density at radius 1 is 1.17 bits per heavy atom. The van der Waals surface area contributed by atoms with Crippen molar-refractivity contribution in [1.29, 1.82) is 0 Å². The van der Waals surface area contributed by atoms with Crippen molar-refractivity contribution in [3.05, 3.63) is 52.0 Å². The number of hydrogen-bond donors (Lipinski definition) is 1. The SMILES string of the molecule is COc1ccc(Cl)cc1NC(=O)CN(c1ccc(Cl)c(C(F)(F)F)c1)S(C)(=O)=O. The van der Waals surface area contributed by atoms with Crippen molar-refractivity contribution >= 4 is 50.5 Å². The van der Waals surface area contributed by atoms with Crippen LogP contribution in [-0.4, -0.2) is 34.2 Å². The molecule has 0 radical (unpaired) electrons. The summed E-state index contributed by atoms with van der Waals surface area (Å²) in [4.78, 5) is 12.4. The number of anilines is 2. The summed E-state index contributed by atoms with van der Waals surface area (Å²) in [6, 6.07) is 6.94. The van der Waals surface area contributed by atoms with Gasteiger partial charge in [0, 0.05) is 5.02 Å². The van der Waals surface area contributed by atoms with E-state index in [0.717, 1.165) is 18.4 Å². The van der Waals surface area contributed by atoms with E-state index in [-0.39, 0.29) is 22.1 Å². The van der Waals surface area contributed by atoms with Gasteiger partial charge in [0.2, 0.25) is 15.9 Å². The molecule has 0 aromatic heterocycles. The summed E-state index contributed by atoms with van der Waals surface area (Å²) >= 11 is 11.4. The van der Waals surface area contributed by atoms with E-state index in [4.69, 9.17) is 27.9 Å². The normalized spacial score (nSPS) is 11.8. The molecule has 0 saturated heterocycles. The predicted molar refractivity (Wildman–Crippen MR) is 105 cm³/mol. The van der Waals surface area contributed by atoms with E-state index < -0.39 is 39.2 Å². The first-order valence-electron chi connectivity index (χ1n) is 7.81. The highest BCUT2D eigenvalue weighted by molar-refractivity contribution is 7.92. The van der Waals surface area contributed by atoms with Crippen LogP contribution in [0, 0.1) is 0 Å². The molecule has 0 heterocycles. The van der Waals surface area contributed by atoms with Gasteiger partial charge in [-0.05, 0) is 36.4 Å². The van der Waals surface area contributed by atoms with Gasteiger partial charge in [-0.15, -0.1) is 0 Å². The van der Waals surface area contributed by atoms with Crippen LogP contribution >= 0.6 is 23.2 Å². The lowest BCUT2D eigenvalue weighted by atomic mass is 10.2. The Morgan fingerprint density at radius 3 is 2.38 bits per heavy atom. The second-order valence-corrected chi connectivity index (χ2v) is 8.57. The highest BCUT2D eigenvalue weighted by Gasteiger charge is 2.34. The fourth-order valence-electron chi connectivity index (χ4n) is 2.38. The van der Waals surface area contributed by atoms with Crippen LogP contribution in [0.25, 0.3) is 0 Å². The number of carbonyl (C=O) groups is 1. The maximum atomic E-state index is 13.1. The molecule has 1 amide bonds. The molecule has 6 nitrogen and oxygen atoms in total. The van der Waals surface area contributed by atoms with E-state index in [1.54, 1.807) is 0 Å². The first kappa shape index (κ1) is 23.1. The number of sulfonamides is 1. The van der Waals surface area contributed by atoms with Crippen LogP contribution in [0.3, 0.4) is 0 Å². The summed E-state index contributed by atoms with van der Waals surface area (Å²) in [5.41, 5.74) is -1.41. The standard InChI is InChI=1S/C17H15Cl2F3N2O4S/c1-28-15-6-3-10(18)7-14(15)23-16(25)9-24(29(2,26)27)11-4-5-13(19)12(8-11)17(20,21)22/h3-8H,9H2,1-2H3,(H,23,25). The Hall–Kier alpha value is -2.17. The van der Waals surface area contributed by atoms with Crippen molar-refractivity contribution < 1.29 is 31.1 Å². The molecule has 0 saturated carbocycles. The first-order chi connectivity index (χ1) is 13.3. The highest BCUT2D eigenvalue weighted by Crippen LogP contribution is 2.37. The van der Waals surface area contributed by atoms with Gasteiger partial charge in [0.05, 0.1) is 35.3 Å². The second-order valence-electron chi connectivity index (χ2n) is 5.82. The van der Waals surface area contributed by atoms with E-state index in [9.17, 15) is 26.4 Å². The zero-order valence-electron chi connectivity index (χ0n) is 15.0. The molecule has 29 heavy (non-hydrogen) atoms. The fraction of sp³-hybridized carbons (Fsp3) is 0.235. The second kappa shape index (κ2) is 8.68. The number of benzene rings is 2. The quantitative estimate of drug-likeness (QED) is 0.677. The first-order valence-corrected chi connectivity index (χ1v) is 10.4. The Bertz CT molecular complexity index is 1030. The fourth-order valence-corrected chi connectivity index (χ4v) is 3.63. The molecule has 0 aliphatic carbocycles. The number of nitrogens with one attached hydrogen (secondary N) is 1. The maximum absolute atomic E-state index is 13.1. The van der Waals surface area contributed by atoms with E-state index in [1.807, 2.05) is 0 Å². The monoisotopic (exact) mass is 470 g/mol. The highest BCUT2D eigenvalue weighted by atomic mass is 35.5. The molecule has 0 bridgehead atoms. The molecule has 158 valence electrons. The van der Waals surface area contributed by atoms with Crippen molar-refractivity contribution in [3.63, 3.8) is 0 Å². The molecule has 12 heteroatoms. The van der Waals surface area contributed by atoms with Crippen LogP contribution in [0.15, 0.2) is 36.4 Å². The minimum atomic E-state index is -4.80. The molecule has 1 N–H and O–H groups in total. The summed E-state index contributed by atoms with van der Waals surface area (Å²) in [6.07, 6.45) is -4.03. The van der Waals surface area contributed by atoms with Gasteiger partial charge in [-0.2, -0.15) is 13.2 Å². The van der Waals surface area contributed by atoms with E-state index >= 15 is 0 Å². The van der Waals surface area contributed by atoms with Crippen molar-refractivity contribution in [1.82, 2.24) is 0 Å². The molecule has 0 fully saturated rings. The number of methoxy groups -OCH3 is 1. The molecule has 0 aliphatic rings. The molecule has 0 aliphatic heterocycles. The molecule has 2 aromatic carbocycles. The molecular weight excluding hydrogens is 456 g/mol. The minimum absolute atomic E-state index is 0.172. The van der Waals surface area contributed by atoms with Gasteiger partial charge in [-0.1, -0.05) is 23.2 Å². The van der Waals surface area contributed by atoms with Crippen LogP contribution in [-0.2, 0) is 21.0 Å². The van der Waals surface area contributed by atoms with Crippen molar-refractivity contribution in [2.75, 3.05) is 29.5 Å². The van der Waals surface area contributed by atoms with E-state index in [2.05, 4.69) is 5.32 Å². The number of alkyl halides is 3. The van der Waals surface area contributed by atoms with Gasteiger partial charge >= 0.3 is 6.18 Å². The topological polar surface area (TPSA) is 75.7 Å². The Labute approximate surface area is 175 Å². The van der Waals surface area contributed by atoms with Gasteiger partial charge in [-0.25, -0.2) is 8.42 Å². The third-order valence-corrected chi connectivity index (χ3v) is 5.37. The van der Waals surface area contributed by atoms with E-state index in [1.165, 1.54) is 25.3 Å². The lowest BCUT2D eigenvalue weighted by molar-refractivity contribution is -0.137. The van der Waals surface area contributed by atoms with Gasteiger partial charge < -0.3 is 10.1 Å². The van der Waals surface area contributed by atoms with Gasteiger partial charge in [0.15, 0.2) is 0 Å². The predicted octanol–water partition coefficient (Wildman–Crippen LogP) is 4.43. The van der Waals surface area contributed by atoms with Crippen molar-refractivity contribution in [3.8, 4) is 5.75 Å². The largest absolute Gasteiger partial charge is 0.495 e. The Kier molecular flexibility index (Phi) is 6.92. The molecule has 0 unspecified atom stereocenters. The number of rotatable bonds is 6. The van der Waals surface area contributed by atoms with Crippen LogP contribution in [0.2, 0.25) is 10.0 Å². The van der Waals surface area contributed by atoms with Gasteiger partial charge in [-0.3, -0.25) is 9.10 Å². The summed E-state index contributed by atoms with van der Waals surface area (Å²) in [5.74, 6) is -0.556. The summed E-state index contributed by atoms with van der Waals surface area (Å²) in [5, 5.41) is 2.12. The summed E-state index contributed by atoms with van der Waals surface area (Å²) in [7, 11) is -2.74. The number of nitrogens with zero attached hydrogens (tertiary/aromatic N) is 1. The zero-order valence-corrected chi connectivity index (χ0v) is 17.4. The van der Waals surface area contributed by atoms with Crippen LogP contribution in [0.5, 0.6) is 5.75 Å². The van der Waals surface area contributed by atoms with Crippen LogP contribution < -0.4 is 14.4 Å².